The van der Waals surface area contributed by atoms with E-state index in [1.165, 1.54) is 17.8 Å². The van der Waals surface area contributed by atoms with Crippen molar-refractivity contribution in [1.29, 1.82) is 0 Å². The molecular formula is C16H17BrN6O3. The number of anilines is 1. The second-order valence-corrected chi connectivity index (χ2v) is 6.57. The van der Waals surface area contributed by atoms with Crippen LogP contribution in [0.5, 0.6) is 5.75 Å². The summed E-state index contributed by atoms with van der Waals surface area (Å²) >= 11 is 3.27. The van der Waals surface area contributed by atoms with Crippen LogP contribution in [-0.2, 0) is 13.6 Å². The molecule has 1 aromatic carbocycles. The molecule has 0 fully saturated rings. The maximum Gasteiger partial charge on any atom is 0.329 e. The fourth-order valence-corrected chi connectivity index (χ4v) is 2.90. The third-order valence-corrected chi connectivity index (χ3v) is 4.31. The predicted molar refractivity (Wildman–Crippen MR) is 103 cm³/mol. The van der Waals surface area contributed by atoms with Gasteiger partial charge in [-0.2, -0.15) is 10.1 Å². The van der Waals surface area contributed by atoms with Crippen LogP contribution in [-0.4, -0.2) is 30.4 Å². The summed E-state index contributed by atoms with van der Waals surface area (Å²) in [6, 6.07) is 5.04. The smallest absolute Gasteiger partial charge is 0.329 e. The lowest BCUT2D eigenvalue weighted by Gasteiger charge is -2.06. The normalized spacial score (nSPS) is 11.5. The number of aromatic nitrogens is 4. The molecule has 0 saturated carbocycles. The van der Waals surface area contributed by atoms with E-state index < -0.39 is 11.2 Å². The molecule has 0 bridgehead atoms. The molecule has 0 atom stereocenters. The van der Waals surface area contributed by atoms with Crippen LogP contribution in [0.15, 0.2) is 37.4 Å². The number of aromatic hydroxyl groups is 1. The van der Waals surface area contributed by atoms with E-state index in [2.05, 4.69) is 36.4 Å². The Morgan fingerprint density at radius 2 is 2.19 bits per heavy atom. The Morgan fingerprint density at radius 1 is 1.42 bits per heavy atom. The number of aromatic amines is 1. The first-order chi connectivity index (χ1) is 12.4. The summed E-state index contributed by atoms with van der Waals surface area (Å²) in [5.74, 6) is 0.409. The fraction of sp³-hybridized carbons (Fsp3) is 0.250. The van der Waals surface area contributed by atoms with Crippen LogP contribution >= 0.6 is 15.9 Å². The second kappa shape index (κ2) is 7.16. The monoisotopic (exact) mass is 420 g/mol. The largest absolute Gasteiger partial charge is 0.507 e. The van der Waals surface area contributed by atoms with Gasteiger partial charge in [-0.3, -0.25) is 14.3 Å². The molecule has 3 N–H and O–H groups in total. The van der Waals surface area contributed by atoms with Crippen molar-refractivity contribution >= 4 is 39.3 Å². The van der Waals surface area contributed by atoms with Gasteiger partial charge in [0.05, 0.1) is 6.21 Å². The first-order valence-corrected chi connectivity index (χ1v) is 8.68. The third kappa shape index (κ3) is 3.27. The quantitative estimate of drug-likeness (QED) is 0.429. The van der Waals surface area contributed by atoms with Gasteiger partial charge in [0, 0.05) is 23.6 Å². The highest BCUT2D eigenvalue weighted by atomic mass is 79.9. The van der Waals surface area contributed by atoms with E-state index >= 15 is 0 Å². The summed E-state index contributed by atoms with van der Waals surface area (Å²) in [6.07, 6.45) is 2.21. The molecule has 0 amide bonds. The topological polar surface area (TPSA) is 117 Å². The molecule has 3 rings (SSSR count). The number of nitrogens with zero attached hydrogens (tertiary/aromatic N) is 4. The number of nitrogens with one attached hydrogen (secondary N) is 2. The van der Waals surface area contributed by atoms with Crippen LogP contribution in [0.2, 0.25) is 0 Å². The van der Waals surface area contributed by atoms with E-state index in [1.54, 1.807) is 22.8 Å². The minimum atomic E-state index is -0.529. The fourth-order valence-electron chi connectivity index (χ4n) is 2.55. The molecule has 0 aliphatic carbocycles. The zero-order valence-electron chi connectivity index (χ0n) is 14.2. The minimum Gasteiger partial charge on any atom is -0.507 e. The molecule has 0 saturated heterocycles. The van der Waals surface area contributed by atoms with Gasteiger partial charge in [0.25, 0.3) is 5.56 Å². The molecule has 2 aromatic heterocycles. The third-order valence-electron chi connectivity index (χ3n) is 3.81. The average Bonchev–Trinajstić information content (AvgIpc) is 2.94. The van der Waals surface area contributed by atoms with Gasteiger partial charge in [0.2, 0.25) is 5.95 Å². The Balaban J connectivity index is 2.02. The van der Waals surface area contributed by atoms with Gasteiger partial charge in [0.15, 0.2) is 11.2 Å². The van der Waals surface area contributed by atoms with Crippen molar-refractivity contribution in [3.63, 3.8) is 0 Å². The number of imidazole rings is 1. The van der Waals surface area contributed by atoms with Gasteiger partial charge in [0.1, 0.15) is 5.75 Å². The van der Waals surface area contributed by atoms with Gasteiger partial charge < -0.3 is 9.67 Å². The first kappa shape index (κ1) is 17.9. The van der Waals surface area contributed by atoms with Crippen LogP contribution in [0.4, 0.5) is 5.95 Å². The summed E-state index contributed by atoms with van der Waals surface area (Å²) in [5, 5.41) is 14.0. The standard InChI is InChI=1S/C16H17BrN6O3/c1-3-6-23-12-13(22(2)16(26)20-14(12)25)19-15(23)21-18-8-9-4-5-10(17)7-11(9)24/h4-5,7-8,24H,3,6H2,1-2H3,(H,19,21)(H,20,25,26)/b18-8-. The van der Waals surface area contributed by atoms with Crippen LogP contribution in [0, 0.1) is 0 Å². The Hall–Kier alpha value is -2.88. The van der Waals surface area contributed by atoms with Gasteiger partial charge in [-0.25, -0.2) is 10.2 Å². The Morgan fingerprint density at radius 3 is 2.88 bits per heavy atom. The number of hydrazone groups is 1. The highest BCUT2D eigenvalue weighted by Crippen LogP contribution is 2.21. The summed E-state index contributed by atoms with van der Waals surface area (Å²) in [4.78, 5) is 30.6. The van der Waals surface area contributed by atoms with Crippen molar-refractivity contribution in [2.45, 2.75) is 19.9 Å². The highest BCUT2D eigenvalue weighted by Gasteiger charge is 2.16. The molecule has 10 heteroatoms. The van der Waals surface area contributed by atoms with E-state index in [0.29, 0.717) is 23.6 Å². The van der Waals surface area contributed by atoms with Crippen LogP contribution in [0.1, 0.15) is 18.9 Å². The van der Waals surface area contributed by atoms with Crippen molar-refractivity contribution in [2.75, 3.05) is 5.43 Å². The number of H-pyrrole nitrogens is 1. The number of benzene rings is 1. The molecule has 0 radical (unpaired) electrons. The van der Waals surface area contributed by atoms with E-state index in [-0.39, 0.29) is 11.4 Å². The molecule has 0 spiro atoms. The number of fused-ring (bicyclic) bond motifs is 1. The zero-order valence-corrected chi connectivity index (χ0v) is 15.7. The van der Waals surface area contributed by atoms with Crippen LogP contribution in [0.3, 0.4) is 0 Å². The number of rotatable bonds is 5. The summed E-state index contributed by atoms with van der Waals surface area (Å²) in [5.41, 5.74) is 2.85. The van der Waals surface area contributed by atoms with E-state index in [9.17, 15) is 14.7 Å². The lowest BCUT2D eigenvalue weighted by molar-refractivity contribution is 0.474. The van der Waals surface area contributed by atoms with Crippen LogP contribution < -0.4 is 16.7 Å². The molecular weight excluding hydrogens is 404 g/mol. The van der Waals surface area contributed by atoms with E-state index in [1.807, 2.05) is 6.92 Å². The number of phenolic OH excluding ortho intramolecular Hbond substituents is 1. The van der Waals surface area contributed by atoms with E-state index in [0.717, 1.165) is 10.9 Å². The highest BCUT2D eigenvalue weighted by molar-refractivity contribution is 9.10. The number of halogens is 1. The lowest BCUT2D eigenvalue weighted by atomic mass is 10.2. The Labute approximate surface area is 156 Å². The Bertz CT molecular complexity index is 1110. The average molecular weight is 421 g/mol. The van der Waals surface area contributed by atoms with Gasteiger partial charge in [-0.05, 0) is 24.6 Å². The molecule has 3 aromatic rings. The van der Waals surface area contributed by atoms with Crippen molar-refractivity contribution in [1.82, 2.24) is 19.1 Å². The number of hydrogen-bond acceptors (Lipinski definition) is 6. The minimum absolute atomic E-state index is 0.0748. The van der Waals surface area contributed by atoms with Crippen molar-refractivity contribution in [3.05, 3.63) is 49.1 Å². The lowest BCUT2D eigenvalue weighted by Crippen LogP contribution is -2.29. The van der Waals surface area contributed by atoms with Gasteiger partial charge >= 0.3 is 5.69 Å². The zero-order chi connectivity index (χ0) is 18.8. The first-order valence-electron chi connectivity index (χ1n) is 7.89. The van der Waals surface area contributed by atoms with Gasteiger partial charge in [-0.1, -0.05) is 22.9 Å². The van der Waals surface area contributed by atoms with Crippen molar-refractivity contribution in [3.8, 4) is 5.75 Å². The molecule has 26 heavy (non-hydrogen) atoms. The number of phenols is 1. The molecule has 0 unspecified atom stereocenters. The molecule has 2 heterocycles. The predicted octanol–water partition coefficient (Wildman–Crippen LogP) is 1.75. The number of aryl methyl sites for hydroxylation is 2. The molecule has 0 aliphatic heterocycles. The summed E-state index contributed by atoms with van der Waals surface area (Å²) < 4.78 is 3.70. The maximum atomic E-state index is 12.2. The molecule has 136 valence electrons. The van der Waals surface area contributed by atoms with Crippen molar-refractivity contribution in [2.24, 2.45) is 12.1 Å². The SMILES string of the molecule is CCCn1c(N/N=C\c2ccc(Br)cc2O)nc2c1c(=O)[nH]c(=O)n2C. The van der Waals surface area contributed by atoms with Crippen molar-refractivity contribution < 1.29 is 5.11 Å². The van der Waals surface area contributed by atoms with E-state index in [4.69, 9.17) is 0 Å². The molecule has 0 aliphatic rings. The maximum absolute atomic E-state index is 12.2. The van der Waals surface area contributed by atoms with Crippen LogP contribution in [0.25, 0.3) is 11.2 Å². The molecule has 9 nitrogen and oxygen atoms in total. The van der Waals surface area contributed by atoms with Gasteiger partial charge in [-0.15, -0.1) is 0 Å². The Kier molecular flexibility index (Phi) is 4.94. The summed E-state index contributed by atoms with van der Waals surface area (Å²) in [7, 11) is 1.54. The summed E-state index contributed by atoms with van der Waals surface area (Å²) in [6.45, 7) is 2.49. The second-order valence-electron chi connectivity index (χ2n) is 5.65. The number of hydrogen-bond donors (Lipinski definition) is 3.